The van der Waals surface area contributed by atoms with Crippen LogP contribution in [0.4, 0.5) is 0 Å². The number of phenols is 1. The number of amides is 1. The van der Waals surface area contributed by atoms with Crippen LogP contribution in [0.15, 0.2) is 36.4 Å². The number of aromatic amines is 2. The third-order valence-electron chi connectivity index (χ3n) is 7.17. The molecule has 2 aromatic heterocycles. The Kier molecular flexibility index (Phi) is 6.15. The molecule has 2 aliphatic rings. The van der Waals surface area contributed by atoms with Crippen molar-refractivity contribution in [2.45, 2.75) is 45.1 Å². The van der Waals surface area contributed by atoms with Crippen molar-refractivity contribution in [1.29, 1.82) is 0 Å². The van der Waals surface area contributed by atoms with Gasteiger partial charge in [-0.05, 0) is 47.4 Å². The van der Waals surface area contributed by atoms with Gasteiger partial charge in [0.25, 0.3) is 0 Å². The fraction of sp³-hybridized carbons (Fsp3) is 0.370. The van der Waals surface area contributed by atoms with Crippen molar-refractivity contribution < 1.29 is 19.4 Å². The average Bonchev–Trinajstić information content (AvgIpc) is 3.66. The lowest BCUT2D eigenvalue weighted by Gasteiger charge is -2.29. The molecule has 1 saturated heterocycles. The number of aromatic hydroxyl groups is 1. The molecule has 192 valence electrons. The third kappa shape index (κ3) is 4.48. The molecule has 0 spiro atoms. The molecule has 6 rings (SSSR count). The number of carbonyl (C=O) groups excluding carboxylic acids is 1. The number of ether oxygens (including phenoxy) is 2. The van der Waals surface area contributed by atoms with Gasteiger partial charge < -0.3 is 30.2 Å². The zero-order valence-electron chi connectivity index (χ0n) is 20.7. The van der Waals surface area contributed by atoms with E-state index in [1.807, 2.05) is 18.2 Å². The third-order valence-corrected chi connectivity index (χ3v) is 7.17. The topological polar surface area (TPSA) is 142 Å². The number of phenolic OH excluding ortho intramolecular Hbond substituents is 1. The van der Waals surface area contributed by atoms with Gasteiger partial charge in [0.1, 0.15) is 11.4 Å². The fourth-order valence-electron chi connectivity index (χ4n) is 5.20. The molecule has 0 saturated carbocycles. The Balaban J connectivity index is 1.22. The lowest BCUT2D eigenvalue weighted by atomic mass is 9.97. The number of nitrogens with one attached hydrogen (secondary N) is 2. The maximum absolute atomic E-state index is 12.9. The van der Waals surface area contributed by atoms with Crippen molar-refractivity contribution in [1.82, 2.24) is 25.1 Å². The minimum Gasteiger partial charge on any atom is -0.508 e. The number of aryl methyl sites for hydroxylation is 1. The van der Waals surface area contributed by atoms with Gasteiger partial charge in [0.2, 0.25) is 5.91 Å². The molecule has 10 nitrogen and oxygen atoms in total. The summed E-state index contributed by atoms with van der Waals surface area (Å²) in [4.78, 5) is 22.9. The van der Waals surface area contributed by atoms with Crippen molar-refractivity contribution >= 4 is 16.8 Å². The van der Waals surface area contributed by atoms with Crippen molar-refractivity contribution in [3.05, 3.63) is 53.3 Å². The number of rotatable bonds is 6. The van der Waals surface area contributed by atoms with Gasteiger partial charge >= 0.3 is 0 Å². The summed E-state index contributed by atoms with van der Waals surface area (Å²) in [6.45, 7) is 4.14. The van der Waals surface area contributed by atoms with Crippen LogP contribution >= 0.6 is 0 Å². The summed E-state index contributed by atoms with van der Waals surface area (Å²) >= 11 is 0. The summed E-state index contributed by atoms with van der Waals surface area (Å²) in [5, 5.41) is 18.5. The number of aromatic nitrogens is 4. The van der Waals surface area contributed by atoms with Gasteiger partial charge in [-0.3, -0.25) is 9.89 Å². The first-order chi connectivity index (χ1) is 18.0. The SMILES string of the molecule is CCc1cc(O)ccc1-c1ccc2c(-c3nc4c([nH]3)CN(C(=O)C(N)CC3OCCO3)CC4)n[nH]c2c1. The van der Waals surface area contributed by atoms with Gasteiger partial charge in [0.15, 0.2) is 12.1 Å². The number of nitrogens with zero attached hydrogens (tertiary/aromatic N) is 3. The van der Waals surface area contributed by atoms with E-state index in [4.69, 9.17) is 20.2 Å². The summed E-state index contributed by atoms with van der Waals surface area (Å²) in [5.41, 5.74) is 12.9. The van der Waals surface area contributed by atoms with Gasteiger partial charge in [-0.2, -0.15) is 5.10 Å². The first-order valence-corrected chi connectivity index (χ1v) is 12.7. The van der Waals surface area contributed by atoms with Crippen LogP contribution in [0.25, 0.3) is 33.5 Å². The zero-order chi connectivity index (χ0) is 25.5. The van der Waals surface area contributed by atoms with Gasteiger partial charge in [-0.15, -0.1) is 0 Å². The van der Waals surface area contributed by atoms with E-state index in [9.17, 15) is 9.90 Å². The molecule has 2 aromatic carbocycles. The molecule has 1 atom stereocenters. The van der Waals surface area contributed by atoms with Gasteiger partial charge in [-0.1, -0.05) is 19.1 Å². The molecule has 10 heteroatoms. The molecule has 37 heavy (non-hydrogen) atoms. The normalized spacial score (nSPS) is 16.9. The van der Waals surface area contributed by atoms with E-state index < -0.39 is 12.3 Å². The average molecular weight is 503 g/mol. The van der Waals surface area contributed by atoms with Gasteiger partial charge in [-0.25, -0.2) is 4.98 Å². The first kappa shape index (κ1) is 23.7. The maximum atomic E-state index is 12.9. The highest BCUT2D eigenvalue weighted by Gasteiger charge is 2.30. The highest BCUT2D eigenvalue weighted by atomic mass is 16.7. The number of hydrogen-bond acceptors (Lipinski definition) is 7. The van der Waals surface area contributed by atoms with E-state index in [0.717, 1.165) is 51.1 Å². The summed E-state index contributed by atoms with van der Waals surface area (Å²) in [5.74, 6) is 0.833. The summed E-state index contributed by atoms with van der Waals surface area (Å²) in [7, 11) is 0. The first-order valence-electron chi connectivity index (χ1n) is 12.7. The van der Waals surface area contributed by atoms with Crippen LogP contribution < -0.4 is 5.73 Å². The minimum absolute atomic E-state index is 0.112. The van der Waals surface area contributed by atoms with Crippen LogP contribution in [0, 0.1) is 0 Å². The number of fused-ring (bicyclic) bond motifs is 2. The van der Waals surface area contributed by atoms with Crippen molar-refractivity contribution in [2.24, 2.45) is 5.73 Å². The Bertz CT molecular complexity index is 1450. The van der Waals surface area contributed by atoms with E-state index in [0.29, 0.717) is 45.0 Å². The molecule has 4 heterocycles. The second-order valence-corrected chi connectivity index (χ2v) is 9.56. The summed E-state index contributed by atoms with van der Waals surface area (Å²) in [6, 6.07) is 11.0. The minimum atomic E-state index is -0.668. The van der Waals surface area contributed by atoms with Crippen LogP contribution in [0.2, 0.25) is 0 Å². The largest absolute Gasteiger partial charge is 0.508 e. The van der Waals surface area contributed by atoms with E-state index in [2.05, 4.69) is 34.2 Å². The number of hydrogen-bond donors (Lipinski definition) is 4. The van der Waals surface area contributed by atoms with Crippen LogP contribution in [0.3, 0.4) is 0 Å². The Morgan fingerprint density at radius 1 is 1.24 bits per heavy atom. The molecule has 4 aromatic rings. The highest BCUT2D eigenvalue weighted by Crippen LogP contribution is 2.33. The molecule has 1 unspecified atom stereocenters. The Hall–Kier alpha value is -3.73. The molecule has 0 aliphatic carbocycles. The molecule has 1 amide bonds. The van der Waals surface area contributed by atoms with Crippen molar-refractivity contribution in [3.63, 3.8) is 0 Å². The second-order valence-electron chi connectivity index (χ2n) is 9.56. The lowest BCUT2D eigenvalue weighted by molar-refractivity contribution is -0.136. The molecular formula is C27H30N6O4. The van der Waals surface area contributed by atoms with Crippen LogP contribution in [0.1, 0.15) is 30.3 Å². The smallest absolute Gasteiger partial charge is 0.240 e. The molecular weight excluding hydrogens is 472 g/mol. The van der Waals surface area contributed by atoms with E-state index in [-0.39, 0.29) is 11.7 Å². The number of H-pyrrole nitrogens is 2. The predicted octanol–water partition coefficient (Wildman–Crippen LogP) is 2.86. The Labute approximate surface area is 213 Å². The van der Waals surface area contributed by atoms with E-state index in [1.54, 1.807) is 11.0 Å². The van der Waals surface area contributed by atoms with Crippen LogP contribution in [0.5, 0.6) is 5.75 Å². The molecule has 5 N–H and O–H groups in total. The number of benzene rings is 2. The second kappa shape index (κ2) is 9.62. The lowest BCUT2D eigenvalue weighted by Crippen LogP contribution is -2.47. The van der Waals surface area contributed by atoms with Gasteiger partial charge in [0.05, 0.1) is 42.7 Å². The van der Waals surface area contributed by atoms with Crippen LogP contribution in [-0.2, 0) is 33.7 Å². The monoisotopic (exact) mass is 502 g/mol. The highest BCUT2D eigenvalue weighted by molar-refractivity contribution is 5.94. The quantitative estimate of drug-likeness (QED) is 0.318. The summed E-state index contributed by atoms with van der Waals surface area (Å²) in [6.07, 6.45) is 1.41. The molecule has 2 aliphatic heterocycles. The van der Waals surface area contributed by atoms with Crippen LogP contribution in [-0.4, -0.2) is 68.2 Å². The zero-order valence-corrected chi connectivity index (χ0v) is 20.7. The van der Waals surface area contributed by atoms with E-state index >= 15 is 0 Å². The predicted molar refractivity (Wildman–Crippen MR) is 138 cm³/mol. The van der Waals surface area contributed by atoms with Crippen molar-refractivity contribution in [2.75, 3.05) is 19.8 Å². The number of imidazole rings is 1. The number of nitrogens with two attached hydrogens (primary N) is 1. The van der Waals surface area contributed by atoms with Gasteiger partial charge in [0, 0.05) is 24.8 Å². The maximum Gasteiger partial charge on any atom is 0.240 e. The standard InChI is InChI=1S/C27H30N6O4/c1-2-15-11-17(34)4-6-18(15)16-3-5-19-22(12-16)31-32-25(19)26-29-21-7-8-33(14-23(21)30-26)27(35)20(28)13-24-36-9-10-37-24/h3-6,11-12,20,24,34H,2,7-10,13-14,28H2,1H3,(H,29,30)(H,31,32). The molecule has 0 radical (unpaired) electrons. The summed E-state index contributed by atoms with van der Waals surface area (Å²) < 4.78 is 10.9. The van der Waals surface area contributed by atoms with Crippen molar-refractivity contribution in [3.8, 4) is 28.4 Å². The fourth-order valence-corrected chi connectivity index (χ4v) is 5.20. The number of carbonyl (C=O) groups is 1. The van der Waals surface area contributed by atoms with E-state index in [1.165, 1.54) is 0 Å². The Morgan fingerprint density at radius 3 is 2.89 bits per heavy atom. The Morgan fingerprint density at radius 2 is 2.08 bits per heavy atom. The molecule has 1 fully saturated rings. The molecule has 0 bridgehead atoms.